The highest BCUT2D eigenvalue weighted by Gasteiger charge is 2.34. The molecule has 0 saturated heterocycles. The number of halogens is 4. The summed E-state index contributed by atoms with van der Waals surface area (Å²) in [5.74, 6) is -0.787. The van der Waals surface area contributed by atoms with Gasteiger partial charge in [-0.1, -0.05) is 11.3 Å². The molecule has 0 unspecified atom stereocenters. The molecule has 3 aromatic rings. The van der Waals surface area contributed by atoms with Crippen LogP contribution in [0.5, 0.6) is 0 Å². The van der Waals surface area contributed by atoms with Gasteiger partial charge in [0.1, 0.15) is 11.5 Å². The molecule has 0 aliphatic rings. The number of thiazole rings is 1. The molecule has 0 fully saturated rings. The van der Waals surface area contributed by atoms with Gasteiger partial charge in [-0.05, 0) is 24.3 Å². The number of hydrogen-bond acceptors (Lipinski definition) is 3. The number of fused-ring (bicyclic) bond motifs is 1. The molecule has 120 valence electrons. The summed E-state index contributed by atoms with van der Waals surface area (Å²) in [5, 5.41) is 0. The zero-order chi connectivity index (χ0) is 16.9. The number of pyridine rings is 1. The van der Waals surface area contributed by atoms with Crippen molar-refractivity contribution < 1.29 is 17.6 Å². The van der Waals surface area contributed by atoms with Crippen molar-refractivity contribution in [3.8, 4) is 11.1 Å². The van der Waals surface area contributed by atoms with Gasteiger partial charge in [-0.25, -0.2) is 4.39 Å². The van der Waals surface area contributed by atoms with E-state index in [-0.39, 0.29) is 11.1 Å². The zero-order valence-corrected chi connectivity index (χ0v) is 12.3. The van der Waals surface area contributed by atoms with Crippen molar-refractivity contribution in [2.24, 2.45) is 7.05 Å². The summed E-state index contributed by atoms with van der Waals surface area (Å²) in [4.78, 5) is 25.5. The number of H-pyrrole nitrogens is 1. The Morgan fingerprint density at radius 2 is 1.83 bits per heavy atom. The number of aromatic amines is 1. The van der Waals surface area contributed by atoms with Crippen LogP contribution < -0.4 is 10.4 Å². The van der Waals surface area contributed by atoms with E-state index in [1.807, 2.05) is 0 Å². The van der Waals surface area contributed by atoms with E-state index in [4.69, 9.17) is 0 Å². The molecular formula is C14H8F4N2O2S. The standard InChI is InChI=1S/C14H8F4N2O2S/c1-20-11(14(16,17)18)3-2-6(12(20)21)7-4-9-10(5-8(7)15)23-13(22)19-9/h2-5H,1H3,(H,19,22). The SMILES string of the molecule is Cn1c(C(F)(F)F)ccc(-c2cc3[nH]c(=O)sc3cc2F)c1=O. The molecule has 4 nitrogen and oxygen atoms in total. The van der Waals surface area contributed by atoms with Gasteiger partial charge < -0.3 is 9.55 Å². The van der Waals surface area contributed by atoms with Crippen molar-refractivity contribution in [1.82, 2.24) is 9.55 Å². The minimum atomic E-state index is -4.69. The lowest BCUT2D eigenvalue weighted by atomic mass is 10.1. The molecule has 0 spiro atoms. The Labute approximate surface area is 129 Å². The number of nitrogens with zero attached hydrogens (tertiary/aromatic N) is 1. The lowest BCUT2D eigenvalue weighted by molar-refractivity contribution is -0.143. The van der Waals surface area contributed by atoms with Crippen molar-refractivity contribution in [1.29, 1.82) is 0 Å². The summed E-state index contributed by atoms with van der Waals surface area (Å²) in [6, 6.07) is 3.97. The highest BCUT2D eigenvalue weighted by molar-refractivity contribution is 7.16. The predicted molar refractivity (Wildman–Crippen MR) is 78.1 cm³/mol. The fourth-order valence-corrected chi connectivity index (χ4v) is 3.05. The lowest BCUT2D eigenvalue weighted by Gasteiger charge is -2.13. The third-order valence-corrected chi connectivity index (χ3v) is 4.24. The van der Waals surface area contributed by atoms with E-state index in [2.05, 4.69) is 4.98 Å². The topological polar surface area (TPSA) is 54.9 Å². The Balaban J connectivity index is 2.27. The second-order valence-electron chi connectivity index (χ2n) is 4.84. The summed E-state index contributed by atoms with van der Waals surface area (Å²) < 4.78 is 53.3. The van der Waals surface area contributed by atoms with Crippen LogP contribution in [0, 0.1) is 5.82 Å². The maximum absolute atomic E-state index is 14.2. The third-order valence-electron chi connectivity index (χ3n) is 3.39. The Kier molecular flexibility index (Phi) is 3.40. The Morgan fingerprint density at radius 1 is 1.13 bits per heavy atom. The van der Waals surface area contributed by atoms with Crippen molar-refractivity contribution in [2.45, 2.75) is 6.18 Å². The molecule has 1 N–H and O–H groups in total. The fourth-order valence-electron chi connectivity index (χ4n) is 2.30. The van der Waals surface area contributed by atoms with Crippen LogP contribution in [0.2, 0.25) is 0 Å². The molecule has 0 atom stereocenters. The first-order valence-corrected chi connectivity index (χ1v) is 7.10. The summed E-state index contributed by atoms with van der Waals surface area (Å²) in [6.07, 6.45) is -4.69. The molecular weight excluding hydrogens is 336 g/mol. The van der Waals surface area contributed by atoms with Crippen LogP contribution in [0.4, 0.5) is 17.6 Å². The molecule has 0 aliphatic carbocycles. The Morgan fingerprint density at radius 3 is 2.48 bits per heavy atom. The highest BCUT2D eigenvalue weighted by Crippen LogP contribution is 2.30. The van der Waals surface area contributed by atoms with Crippen LogP contribution in [-0.2, 0) is 13.2 Å². The van der Waals surface area contributed by atoms with E-state index in [1.165, 1.54) is 6.07 Å². The molecule has 0 amide bonds. The first-order valence-electron chi connectivity index (χ1n) is 6.28. The van der Waals surface area contributed by atoms with Gasteiger partial charge in [0.05, 0.1) is 15.8 Å². The van der Waals surface area contributed by atoms with Crippen molar-refractivity contribution in [2.75, 3.05) is 0 Å². The van der Waals surface area contributed by atoms with E-state index < -0.39 is 28.1 Å². The highest BCUT2D eigenvalue weighted by atomic mass is 32.1. The number of alkyl halides is 3. The first kappa shape index (κ1) is 15.5. The van der Waals surface area contributed by atoms with E-state index in [0.29, 0.717) is 14.8 Å². The average Bonchev–Trinajstić information content (AvgIpc) is 2.79. The van der Waals surface area contributed by atoms with E-state index in [0.717, 1.165) is 36.6 Å². The molecule has 2 aromatic heterocycles. The molecule has 3 rings (SSSR count). The molecule has 0 saturated carbocycles. The van der Waals surface area contributed by atoms with Crippen LogP contribution >= 0.6 is 11.3 Å². The van der Waals surface area contributed by atoms with Crippen LogP contribution in [0.3, 0.4) is 0 Å². The smallest absolute Gasteiger partial charge is 0.312 e. The molecule has 2 heterocycles. The molecule has 23 heavy (non-hydrogen) atoms. The number of rotatable bonds is 1. The maximum atomic E-state index is 14.2. The van der Waals surface area contributed by atoms with E-state index in [1.54, 1.807) is 0 Å². The van der Waals surface area contributed by atoms with Gasteiger partial charge in [-0.3, -0.25) is 9.59 Å². The molecule has 0 radical (unpaired) electrons. The van der Waals surface area contributed by atoms with Crippen molar-refractivity contribution in [3.05, 3.63) is 55.8 Å². The lowest BCUT2D eigenvalue weighted by Crippen LogP contribution is -2.26. The third kappa shape index (κ3) is 2.56. The molecule has 0 aliphatic heterocycles. The van der Waals surface area contributed by atoms with Gasteiger partial charge in [-0.15, -0.1) is 0 Å². The number of nitrogens with one attached hydrogen (secondary N) is 1. The first-order chi connectivity index (χ1) is 10.7. The van der Waals surface area contributed by atoms with Crippen molar-refractivity contribution in [3.63, 3.8) is 0 Å². The van der Waals surface area contributed by atoms with Crippen LogP contribution in [0.1, 0.15) is 5.69 Å². The van der Waals surface area contributed by atoms with Gasteiger partial charge in [0.15, 0.2) is 0 Å². The number of hydrogen-bond donors (Lipinski definition) is 1. The Hall–Kier alpha value is -2.42. The van der Waals surface area contributed by atoms with Crippen LogP contribution in [0.15, 0.2) is 33.9 Å². The normalized spacial score (nSPS) is 12.0. The van der Waals surface area contributed by atoms with Gasteiger partial charge >= 0.3 is 11.0 Å². The second kappa shape index (κ2) is 5.05. The minimum absolute atomic E-state index is 0.166. The predicted octanol–water partition coefficient (Wildman–Crippen LogP) is 3.11. The Bertz CT molecular complexity index is 1030. The monoisotopic (exact) mass is 344 g/mol. The quantitative estimate of drug-likeness (QED) is 0.690. The summed E-state index contributed by atoms with van der Waals surface area (Å²) in [7, 11) is 0.970. The largest absolute Gasteiger partial charge is 0.431 e. The number of aromatic nitrogens is 2. The maximum Gasteiger partial charge on any atom is 0.431 e. The minimum Gasteiger partial charge on any atom is -0.312 e. The fraction of sp³-hybridized carbons (Fsp3) is 0.143. The number of benzene rings is 1. The summed E-state index contributed by atoms with van der Waals surface area (Å²) >= 11 is 0.800. The van der Waals surface area contributed by atoms with Crippen LogP contribution in [0.25, 0.3) is 21.3 Å². The van der Waals surface area contributed by atoms with Crippen LogP contribution in [-0.4, -0.2) is 9.55 Å². The second-order valence-corrected chi connectivity index (χ2v) is 5.85. The molecule has 1 aromatic carbocycles. The zero-order valence-electron chi connectivity index (χ0n) is 11.5. The van der Waals surface area contributed by atoms with Gasteiger partial charge in [0.2, 0.25) is 0 Å². The molecule has 9 heteroatoms. The summed E-state index contributed by atoms with van der Waals surface area (Å²) in [6.45, 7) is 0. The van der Waals surface area contributed by atoms with Gasteiger partial charge in [0.25, 0.3) is 5.56 Å². The van der Waals surface area contributed by atoms with Gasteiger partial charge in [-0.2, -0.15) is 13.2 Å². The molecule has 0 bridgehead atoms. The van der Waals surface area contributed by atoms with Crippen molar-refractivity contribution >= 4 is 21.6 Å². The van der Waals surface area contributed by atoms with E-state index >= 15 is 0 Å². The summed E-state index contributed by atoms with van der Waals surface area (Å²) in [5.41, 5.74) is -2.17. The average molecular weight is 344 g/mol. The van der Waals surface area contributed by atoms with E-state index in [9.17, 15) is 27.2 Å². The van der Waals surface area contributed by atoms with Gasteiger partial charge in [0, 0.05) is 12.6 Å².